The Labute approximate surface area is 182 Å². The Morgan fingerprint density at radius 2 is 2.00 bits per heavy atom. The molecule has 0 unspecified atom stereocenters. The maximum Gasteiger partial charge on any atom is 0.293 e. The van der Waals surface area contributed by atoms with E-state index in [-0.39, 0.29) is 40.2 Å². The van der Waals surface area contributed by atoms with Gasteiger partial charge in [-0.25, -0.2) is 8.42 Å². The first-order valence-electron chi connectivity index (χ1n) is 8.73. The van der Waals surface area contributed by atoms with Crippen LogP contribution in [-0.2, 0) is 9.84 Å². The number of sulfone groups is 1. The second kappa shape index (κ2) is 11.2. The molecule has 0 aromatic heterocycles. The van der Waals surface area contributed by atoms with E-state index in [1.54, 1.807) is 0 Å². The summed E-state index contributed by atoms with van der Waals surface area (Å²) < 4.78 is 23.2. The van der Waals surface area contributed by atoms with Crippen molar-refractivity contribution in [3.8, 4) is 0 Å². The summed E-state index contributed by atoms with van der Waals surface area (Å²) in [4.78, 5) is 15.0. The lowest BCUT2D eigenvalue weighted by Gasteiger charge is -2.16. The van der Waals surface area contributed by atoms with Crippen LogP contribution in [-0.4, -0.2) is 51.2 Å². The average Bonchev–Trinajstić information content (AvgIpc) is 3.10. The van der Waals surface area contributed by atoms with Crippen molar-refractivity contribution in [3.63, 3.8) is 0 Å². The van der Waals surface area contributed by atoms with E-state index in [0.717, 1.165) is 31.7 Å². The number of rotatable bonds is 8. The Bertz CT molecular complexity index is 834. The summed E-state index contributed by atoms with van der Waals surface area (Å²) in [6, 6.07) is 4.17. The lowest BCUT2D eigenvalue weighted by Crippen LogP contribution is -2.42. The molecule has 1 aliphatic rings. The molecular weight excluding hydrogens is 497 g/mol. The monoisotopic (exact) mass is 523 g/mol. The molecule has 3 N–H and O–H groups in total. The van der Waals surface area contributed by atoms with Crippen LogP contribution in [0.5, 0.6) is 0 Å². The molecule has 156 valence electrons. The first-order chi connectivity index (χ1) is 12.8. The highest BCUT2D eigenvalue weighted by Gasteiger charge is 2.18. The number of nitro benzene ring substituents is 1. The molecule has 0 saturated heterocycles. The third kappa shape index (κ3) is 7.26. The van der Waals surface area contributed by atoms with Crippen molar-refractivity contribution in [2.75, 3.05) is 31.2 Å². The van der Waals surface area contributed by atoms with Gasteiger partial charge in [-0.15, -0.1) is 24.0 Å². The van der Waals surface area contributed by atoms with E-state index in [4.69, 9.17) is 0 Å². The quantitative estimate of drug-likeness (QED) is 0.0908. The average molecular weight is 523 g/mol. The van der Waals surface area contributed by atoms with Crippen LogP contribution >= 0.6 is 24.0 Å². The number of nitro groups is 1. The predicted octanol–water partition coefficient (Wildman–Crippen LogP) is 2.30. The molecule has 0 fully saturated rings. The zero-order chi connectivity index (χ0) is 19.9. The summed E-state index contributed by atoms with van der Waals surface area (Å²) in [6.45, 7) is 3.49. The van der Waals surface area contributed by atoms with E-state index in [0.29, 0.717) is 25.1 Å². The number of nitrogens with zero attached hydrogens (tertiary/aromatic N) is 2. The number of benzene rings is 1. The summed E-state index contributed by atoms with van der Waals surface area (Å²) >= 11 is 0. The SMILES string of the molecule is CCNC(=NCCNc1ccc(S(C)(=O)=O)cc1[N+](=O)[O-])NC1CC=CC1.I. The molecule has 1 aromatic carbocycles. The van der Waals surface area contributed by atoms with Gasteiger partial charge in [-0.2, -0.15) is 0 Å². The van der Waals surface area contributed by atoms with Gasteiger partial charge in [0.1, 0.15) is 5.69 Å². The fourth-order valence-corrected chi connectivity index (χ4v) is 3.29. The van der Waals surface area contributed by atoms with Crippen LogP contribution in [0.4, 0.5) is 11.4 Å². The largest absolute Gasteiger partial charge is 0.378 e. The van der Waals surface area contributed by atoms with Gasteiger partial charge < -0.3 is 16.0 Å². The van der Waals surface area contributed by atoms with E-state index in [2.05, 4.69) is 33.1 Å². The Morgan fingerprint density at radius 3 is 2.57 bits per heavy atom. The second-order valence-corrected chi connectivity index (χ2v) is 8.20. The van der Waals surface area contributed by atoms with Crippen LogP contribution in [0.25, 0.3) is 0 Å². The maximum absolute atomic E-state index is 11.6. The molecule has 0 spiro atoms. The van der Waals surface area contributed by atoms with Crippen LogP contribution in [0.15, 0.2) is 40.2 Å². The summed E-state index contributed by atoms with van der Waals surface area (Å²) in [6.07, 6.45) is 7.19. The van der Waals surface area contributed by atoms with Crippen LogP contribution in [0.1, 0.15) is 19.8 Å². The summed E-state index contributed by atoms with van der Waals surface area (Å²) in [7, 11) is -3.51. The Kier molecular flexibility index (Phi) is 9.65. The van der Waals surface area contributed by atoms with E-state index < -0.39 is 14.8 Å². The molecule has 9 nitrogen and oxygen atoms in total. The zero-order valence-corrected chi connectivity index (χ0v) is 19.0. The molecule has 28 heavy (non-hydrogen) atoms. The first-order valence-corrected chi connectivity index (χ1v) is 10.6. The number of anilines is 1. The van der Waals surface area contributed by atoms with E-state index >= 15 is 0 Å². The minimum Gasteiger partial charge on any atom is -0.378 e. The molecule has 0 atom stereocenters. The third-order valence-corrected chi connectivity index (χ3v) is 5.09. The van der Waals surface area contributed by atoms with Gasteiger partial charge in [0.05, 0.1) is 16.4 Å². The van der Waals surface area contributed by atoms with Crippen molar-refractivity contribution in [1.29, 1.82) is 0 Å². The predicted molar refractivity (Wildman–Crippen MR) is 121 cm³/mol. The molecule has 1 aliphatic carbocycles. The van der Waals surface area contributed by atoms with Crippen molar-refractivity contribution in [3.05, 3.63) is 40.5 Å². The highest BCUT2D eigenvalue weighted by Crippen LogP contribution is 2.27. The van der Waals surface area contributed by atoms with Crippen LogP contribution in [0, 0.1) is 10.1 Å². The van der Waals surface area contributed by atoms with Gasteiger partial charge in [-0.1, -0.05) is 12.2 Å². The van der Waals surface area contributed by atoms with Crippen molar-refractivity contribution in [2.45, 2.75) is 30.7 Å². The molecule has 1 aromatic rings. The number of nitrogens with one attached hydrogen (secondary N) is 3. The molecule has 0 radical (unpaired) electrons. The second-order valence-electron chi connectivity index (χ2n) is 6.18. The molecule has 2 rings (SSSR count). The van der Waals surface area contributed by atoms with Crippen LogP contribution in [0.3, 0.4) is 0 Å². The van der Waals surface area contributed by atoms with Crippen molar-refractivity contribution >= 4 is 51.1 Å². The van der Waals surface area contributed by atoms with Gasteiger partial charge in [0.2, 0.25) is 0 Å². The van der Waals surface area contributed by atoms with Crippen molar-refractivity contribution in [2.24, 2.45) is 4.99 Å². The molecule has 0 saturated carbocycles. The molecule has 0 heterocycles. The van der Waals surface area contributed by atoms with Gasteiger partial charge >= 0.3 is 0 Å². The molecule has 0 bridgehead atoms. The lowest BCUT2D eigenvalue weighted by molar-refractivity contribution is -0.384. The normalized spacial score (nSPS) is 14.4. The Morgan fingerprint density at radius 1 is 1.32 bits per heavy atom. The van der Waals surface area contributed by atoms with Crippen LogP contribution in [0.2, 0.25) is 0 Å². The fourth-order valence-electron chi connectivity index (χ4n) is 2.65. The van der Waals surface area contributed by atoms with Gasteiger partial charge in [-0.3, -0.25) is 15.1 Å². The number of hydrogen-bond donors (Lipinski definition) is 3. The highest BCUT2D eigenvalue weighted by atomic mass is 127. The highest BCUT2D eigenvalue weighted by molar-refractivity contribution is 14.0. The lowest BCUT2D eigenvalue weighted by atomic mass is 10.2. The summed E-state index contributed by atoms with van der Waals surface area (Å²) in [5, 5.41) is 20.7. The van der Waals surface area contributed by atoms with E-state index in [1.807, 2.05) is 6.92 Å². The van der Waals surface area contributed by atoms with E-state index in [1.165, 1.54) is 12.1 Å². The first kappa shape index (κ1) is 24.1. The van der Waals surface area contributed by atoms with Crippen molar-refractivity contribution in [1.82, 2.24) is 10.6 Å². The van der Waals surface area contributed by atoms with Gasteiger partial charge in [0, 0.05) is 31.5 Å². The minimum atomic E-state index is -3.51. The Balaban J connectivity index is 0.00000392. The number of guanidine groups is 1. The molecule has 0 aliphatic heterocycles. The zero-order valence-electron chi connectivity index (χ0n) is 15.8. The van der Waals surface area contributed by atoms with Gasteiger partial charge in [-0.05, 0) is 31.9 Å². The molecular formula is C17H26IN5O4S. The smallest absolute Gasteiger partial charge is 0.293 e. The van der Waals surface area contributed by atoms with Crippen molar-refractivity contribution < 1.29 is 13.3 Å². The molecule has 11 heteroatoms. The van der Waals surface area contributed by atoms with Crippen LogP contribution < -0.4 is 16.0 Å². The number of aliphatic imine (C=N–C) groups is 1. The fraction of sp³-hybridized carbons (Fsp3) is 0.471. The number of hydrogen-bond acceptors (Lipinski definition) is 6. The topological polar surface area (TPSA) is 126 Å². The molecule has 0 amide bonds. The maximum atomic E-state index is 11.6. The Hall–Kier alpha value is -1.89. The summed E-state index contributed by atoms with van der Waals surface area (Å²) in [5.41, 5.74) is -0.00970. The summed E-state index contributed by atoms with van der Waals surface area (Å²) in [5.74, 6) is 0.704. The minimum absolute atomic E-state index is 0. The third-order valence-electron chi connectivity index (χ3n) is 3.98. The standard InChI is InChI=1S/C17H25N5O4S.HI/c1-3-18-17(21-13-6-4-5-7-13)20-11-10-19-15-9-8-14(27(2,25)26)12-16(15)22(23)24;/h4-5,8-9,12-13,19H,3,6-7,10-11H2,1-2H3,(H2,18,20,21);1H. The van der Waals surface area contributed by atoms with Gasteiger partial charge in [0.25, 0.3) is 5.69 Å². The van der Waals surface area contributed by atoms with E-state index in [9.17, 15) is 18.5 Å². The van der Waals surface area contributed by atoms with Gasteiger partial charge in [0.15, 0.2) is 15.8 Å². The number of halogens is 1.